The van der Waals surface area contributed by atoms with E-state index in [-0.39, 0.29) is 11.8 Å². The quantitative estimate of drug-likeness (QED) is 0.941. The molecular formula is C17H18FN3O2. The molecule has 1 aliphatic rings. The number of hydrogen-bond acceptors (Lipinski definition) is 3. The normalized spacial score (nSPS) is 13.9. The van der Waals surface area contributed by atoms with Gasteiger partial charge in [-0.05, 0) is 42.7 Å². The summed E-state index contributed by atoms with van der Waals surface area (Å²) in [5.41, 5.74) is 0.893. The number of urea groups is 1. The lowest BCUT2D eigenvalue weighted by molar-refractivity contribution is 0.208. The van der Waals surface area contributed by atoms with Crippen LogP contribution in [0.1, 0.15) is 18.4 Å². The molecule has 2 aromatic rings. The van der Waals surface area contributed by atoms with Crippen LogP contribution >= 0.6 is 0 Å². The molecule has 0 atom stereocenters. The van der Waals surface area contributed by atoms with E-state index in [1.54, 1.807) is 24.4 Å². The fraction of sp³-hybridized carbons (Fsp3) is 0.294. The number of carbonyl (C=O) groups excluding carboxylic acids is 1. The largest absolute Gasteiger partial charge is 0.439 e. The molecule has 1 N–H and O–H groups in total. The van der Waals surface area contributed by atoms with Crippen molar-refractivity contribution in [2.45, 2.75) is 19.4 Å². The van der Waals surface area contributed by atoms with Crippen LogP contribution in [0, 0.1) is 5.82 Å². The number of carbonyl (C=O) groups is 1. The Morgan fingerprint density at radius 3 is 2.57 bits per heavy atom. The minimum Gasteiger partial charge on any atom is -0.439 e. The second-order valence-electron chi connectivity index (χ2n) is 5.41. The predicted molar refractivity (Wildman–Crippen MR) is 83.8 cm³/mol. The molecule has 0 saturated carbocycles. The summed E-state index contributed by atoms with van der Waals surface area (Å²) in [6.45, 7) is 2.09. The second kappa shape index (κ2) is 7.09. The Morgan fingerprint density at radius 1 is 1.17 bits per heavy atom. The lowest BCUT2D eigenvalue weighted by Crippen LogP contribution is -2.37. The Bertz CT molecular complexity index is 653. The van der Waals surface area contributed by atoms with Gasteiger partial charge in [0.25, 0.3) is 0 Å². The first-order valence-corrected chi connectivity index (χ1v) is 7.62. The number of ether oxygens (including phenoxy) is 1. The fourth-order valence-corrected chi connectivity index (χ4v) is 2.41. The van der Waals surface area contributed by atoms with E-state index in [0.29, 0.717) is 18.2 Å². The SMILES string of the molecule is O=C(NCc1ccc(Oc2ccc(F)cc2)nc1)N1CCCC1. The van der Waals surface area contributed by atoms with Gasteiger partial charge in [-0.25, -0.2) is 14.2 Å². The molecule has 120 valence electrons. The van der Waals surface area contributed by atoms with E-state index in [1.165, 1.54) is 12.1 Å². The Hall–Kier alpha value is -2.63. The smallest absolute Gasteiger partial charge is 0.317 e. The first-order chi connectivity index (χ1) is 11.2. The maximum atomic E-state index is 12.8. The van der Waals surface area contributed by atoms with Crippen LogP contribution in [0.15, 0.2) is 42.6 Å². The molecule has 5 nitrogen and oxygen atoms in total. The summed E-state index contributed by atoms with van der Waals surface area (Å²) in [5, 5.41) is 2.88. The lowest BCUT2D eigenvalue weighted by Gasteiger charge is -2.16. The second-order valence-corrected chi connectivity index (χ2v) is 5.41. The number of amides is 2. The maximum Gasteiger partial charge on any atom is 0.317 e. The molecule has 2 heterocycles. The van der Waals surface area contributed by atoms with Crippen LogP contribution in [0.5, 0.6) is 11.6 Å². The summed E-state index contributed by atoms with van der Waals surface area (Å²) < 4.78 is 18.4. The van der Waals surface area contributed by atoms with Crippen LogP contribution in [-0.4, -0.2) is 29.0 Å². The molecule has 1 aromatic carbocycles. The number of halogens is 1. The van der Waals surface area contributed by atoms with Gasteiger partial charge in [-0.15, -0.1) is 0 Å². The van der Waals surface area contributed by atoms with Gasteiger partial charge in [-0.1, -0.05) is 6.07 Å². The molecule has 1 saturated heterocycles. The Morgan fingerprint density at radius 2 is 1.91 bits per heavy atom. The number of likely N-dealkylation sites (tertiary alicyclic amines) is 1. The molecule has 0 bridgehead atoms. The van der Waals surface area contributed by atoms with Gasteiger partial charge >= 0.3 is 6.03 Å². The number of benzene rings is 1. The summed E-state index contributed by atoms with van der Waals surface area (Å²) in [6, 6.07) is 9.28. The van der Waals surface area contributed by atoms with E-state index < -0.39 is 0 Å². The van der Waals surface area contributed by atoms with E-state index in [9.17, 15) is 9.18 Å². The molecule has 3 rings (SSSR count). The highest BCUT2D eigenvalue weighted by Gasteiger charge is 2.17. The molecule has 0 radical (unpaired) electrons. The zero-order valence-corrected chi connectivity index (χ0v) is 12.7. The number of nitrogens with one attached hydrogen (secondary N) is 1. The molecule has 0 spiro atoms. The van der Waals surface area contributed by atoms with Gasteiger partial charge < -0.3 is 15.0 Å². The summed E-state index contributed by atoms with van der Waals surface area (Å²) in [6.07, 6.45) is 3.80. The maximum absolute atomic E-state index is 12.8. The molecule has 1 fully saturated rings. The number of rotatable bonds is 4. The van der Waals surface area contributed by atoms with Gasteiger partial charge in [0, 0.05) is 31.9 Å². The van der Waals surface area contributed by atoms with Crippen LogP contribution in [0.25, 0.3) is 0 Å². The van der Waals surface area contributed by atoms with Crippen LogP contribution in [0.4, 0.5) is 9.18 Å². The number of nitrogens with zero attached hydrogens (tertiary/aromatic N) is 2. The van der Waals surface area contributed by atoms with Gasteiger partial charge in [0.2, 0.25) is 5.88 Å². The van der Waals surface area contributed by atoms with Crippen LogP contribution < -0.4 is 10.1 Å². The summed E-state index contributed by atoms with van der Waals surface area (Å²) in [5.74, 6) is 0.634. The van der Waals surface area contributed by atoms with Crippen LogP contribution in [0.2, 0.25) is 0 Å². The third kappa shape index (κ3) is 4.18. The van der Waals surface area contributed by atoms with Gasteiger partial charge in [-0.3, -0.25) is 0 Å². The van der Waals surface area contributed by atoms with Gasteiger partial charge in [0.15, 0.2) is 0 Å². The average Bonchev–Trinajstić information content (AvgIpc) is 3.11. The molecular weight excluding hydrogens is 297 g/mol. The third-order valence-corrected chi connectivity index (χ3v) is 3.67. The summed E-state index contributed by atoms with van der Waals surface area (Å²) in [4.78, 5) is 17.9. The van der Waals surface area contributed by atoms with Crippen molar-refractivity contribution in [3.05, 3.63) is 54.0 Å². The average molecular weight is 315 g/mol. The van der Waals surface area contributed by atoms with Crippen molar-refractivity contribution in [1.82, 2.24) is 15.2 Å². The van der Waals surface area contributed by atoms with Crippen molar-refractivity contribution in [3.8, 4) is 11.6 Å². The zero-order valence-electron chi connectivity index (χ0n) is 12.7. The fourth-order valence-electron chi connectivity index (χ4n) is 2.41. The standard InChI is InChI=1S/C17H18FN3O2/c18-14-4-6-15(7-5-14)23-16-8-3-13(11-19-16)12-20-17(22)21-9-1-2-10-21/h3-8,11H,1-2,9-10,12H2,(H,20,22). The highest BCUT2D eigenvalue weighted by molar-refractivity contribution is 5.74. The number of hydrogen-bond donors (Lipinski definition) is 1. The molecule has 0 aliphatic carbocycles. The minimum atomic E-state index is -0.311. The predicted octanol–water partition coefficient (Wildman–Crippen LogP) is 3.32. The molecule has 6 heteroatoms. The zero-order chi connectivity index (χ0) is 16.1. The molecule has 2 amide bonds. The van der Waals surface area contributed by atoms with Crippen molar-refractivity contribution in [1.29, 1.82) is 0 Å². The molecule has 23 heavy (non-hydrogen) atoms. The Labute approximate surface area is 134 Å². The van der Waals surface area contributed by atoms with Gasteiger partial charge in [0.1, 0.15) is 11.6 Å². The van der Waals surface area contributed by atoms with E-state index in [0.717, 1.165) is 31.5 Å². The van der Waals surface area contributed by atoms with Crippen molar-refractivity contribution >= 4 is 6.03 Å². The first-order valence-electron chi connectivity index (χ1n) is 7.62. The number of pyridine rings is 1. The highest BCUT2D eigenvalue weighted by Crippen LogP contribution is 2.19. The molecule has 1 aliphatic heterocycles. The molecule has 0 unspecified atom stereocenters. The highest BCUT2D eigenvalue weighted by atomic mass is 19.1. The third-order valence-electron chi connectivity index (χ3n) is 3.67. The minimum absolute atomic E-state index is 0.0332. The Balaban J connectivity index is 1.52. The summed E-state index contributed by atoms with van der Waals surface area (Å²) in [7, 11) is 0. The van der Waals surface area contributed by atoms with Crippen molar-refractivity contribution < 1.29 is 13.9 Å². The van der Waals surface area contributed by atoms with E-state index in [2.05, 4.69) is 10.3 Å². The van der Waals surface area contributed by atoms with E-state index in [4.69, 9.17) is 4.74 Å². The van der Waals surface area contributed by atoms with Crippen molar-refractivity contribution in [3.63, 3.8) is 0 Å². The van der Waals surface area contributed by atoms with Crippen molar-refractivity contribution in [2.75, 3.05) is 13.1 Å². The molecule has 1 aromatic heterocycles. The summed E-state index contributed by atoms with van der Waals surface area (Å²) >= 11 is 0. The monoisotopic (exact) mass is 315 g/mol. The lowest BCUT2D eigenvalue weighted by atomic mass is 10.3. The van der Waals surface area contributed by atoms with E-state index in [1.807, 2.05) is 11.0 Å². The van der Waals surface area contributed by atoms with Crippen molar-refractivity contribution in [2.24, 2.45) is 0 Å². The van der Waals surface area contributed by atoms with Gasteiger partial charge in [-0.2, -0.15) is 0 Å². The van der Waals surface area contributed by atoms with E-state index >= 15 is 0 Å². The topological polar surface area (TPSA) is 54.5 Å². The number of aromatic nitrogens is 1. The first kappa shape index (κ1) is 15.3. The van der Waals surface area contributed by atoms with Crippen LogP contribution in [-0.2, 0) is 6.54 Å². The van der Waals surface area contributed by atoms with Crippen LogP contribution in [0.3, 0.4) is 0 Å². The van der Waals surface area contributed by atoms with Gasteiger partial charge in [0.05, 0.1) is 0 Å². The Kier molecular flexibility index (Phi) is 4.71.